The van der Waals surface area contributed by atoms with Crippen LogP contribution in [0.5, 0.6) is 0 Å². The zero-order chi connectivity index (χ0) is 21.5. The summed E-state index contributed by atoms with van der Waals surface area (Å²) in [4.78, 5) is 0. The van der Waals surface area contributed by atoms with Crippen LogP contribution in [0.25, 0.3) is 6.08 Å². The first-order valence-corrected chi connectivity index (χ1v) is 11.7. The van der Waals surface area contributed by atoms with E-state index in [0.29, 0.717) is 11.8 Å². The molecule has 2 unspecified atom stereocenters. The average molecular weight is 405 g/mol. The van der Waals surface area contributed by atoms with Crippen molar-refractivity contribution in [2.75, 3.05) is 0 Å². The summed E-state index contributed by atoms with van der Waals surface area (Å²) in [7, 11) is 0. The lowest BCUT2D eigenvalue weighted by Gasteiger charge is -2.34. The van der Waals surface area contributed by atoms with E-state index in [2.05, 4.69) is 87.7 Å². The minimum Gasteiger partial charge on any atom is -0.0955 e. The average Bonchev–Trinajstić information content (AvgIpc) is 3.37. The number of rotatable bonds is 4. The van der Waals surface area contributed by atoms with Gasteiger partial charge < -0.3 is 0 Å². The molecule has 2 aromatic carbocycles. The van der Waals surface area contributed by atoms with E-state index < -0.39 is 0 Å². The number of aryl methyl sites for hydroxylation is 2. The lowest BCUT2D eigenvalue weighted by molar-refractivity contribution is 0.622. The normalized spacial score (nSPS) is 23.7. The molecule has 1 saturated carbocycles. The summed E-state index contributed by atoms with van der Waals surface area (Å²) in [5.74, 6) is 0.650. The summed E-state index contributed by atoms with van der Waals surface area (Å²) in [5.41, 5.74) is 14.0. The zero-order valence-corrected chi connectivity index (χ0v) is 18.9. The van der Waals surface area contributed by atoms with Crippen molar-refractivity contribution in [3.05, 3.63) is 123 Å². The quantitative estimate of drug-likeness (QED) is 0.482. The largest absolute Gasteiger partial charge is 0.0955 e. The van der Waals surface area contributed by atoms with E-state index in [0.717, 1.165) is 12.8 Å². The molecular formula is C31H32. The first-order chi connectivity index (χ1) is 15.1. The van der Waals surface area contributed by atoms with Crippen LogP contribution >= 0.6 is 0 Å². The molecule has 2 atom stereocenters. The van der Waals surface area contributed by atoms with Gasteiger partial charge in [0.25, 0.3) is 0 Å². The van der Waals surface area contributed by atoms with Crippen molar-refractivity contribution in [2.45, 2.75) is 51.9 Å². The zero-order valence-electron chi connectivity index (χ0n) is 18.9. The highest BCUT2D eigenvalue weighted by Crippen LogP contribution is 2.54. The molecule has 0 aromatic heterocycles. The predicted molar refractivity (Wildman–Crippen MR) is 133 cm³/mol. The molecule has 0 aliphatic heterocycles. The molecule has 0 nitrogen and oxygen atoms in total. The lowest BCUT2D eigenvalue weighted by Crippen LogP contribution is -2.20. The van der Waals surface area contributed by atoms with Crippen molar-refractivity contribution < 1.29 is 0 Å². The second-order valence-corrected chi connectivity index (χ2v) is 9.39. The van der Waals surface area contributed by atoms with Gasteiger partial charge >= 0.3 is 0 Å². The van der Waals surface area contributed by atoms with Crippen molar-refractivity contribution in [3.63, 3.8) is 0 Å². The van der Waals surface area contributed by atoms with Gasteiger partial charge in [-0.25, -0.2) is 0 Å². The molecule has 3 aliphatic rings. The Labute approximate surface area is 187 Å². The summed E-state index contributed by atoms with van der Waals surface area (Å²) in [6.07, 6.45) is 10.6. The molecule has 0 heterocycles. The molecule has 5 rings (SSSR count). The molecule has 31 heavy (non-hydrogen) atoms. The van der Waals surface area contributed by atoms with Gasteiger partial charge in [-0.3, -0.25) is 0 Å². The van der Waals surface area contributed by atoms with Crippen molar-refractivity contribution >= 4 is 6.08 Å². The molecule has 0 radical (unpaired) electrons. The van der Waals surface area contributed by atoms with Gasteiger partial charge in [-0.2, -0.15) is 0 Å². The number of allylic oxidation sites excluding steroid dienone is 7. The Hall–Kier alpha value is -2.86. The number of fused-ring (bicyclic) bond motifs is 2. The van der Waals surface area contributed by atoms with Gasteiger partial charge in [0.2, 0.25) is 0 Å². The fraction of sp³-hybridized carbons (Fsp3) is 0.290. The maximum Gasteiger partial charge on any atom is 0.0201 e. The minimum absolute atomic E-state index is 0.312. The Morgan fingerprint density at radius 3 is 2.58 bits per heavy atom. The predicted octanol–water partition coefficient (Wildman–Crippen LogP) is 8.14. The molecule has 0 bridgehead atoms. The highest BCUT2D eigenvalue weighted by Gasteiger charge is 2.40. The maximum atomic E-state index is 4.65. The molecule has 0 amide bonds. The van der Waals surface area contributed by atoms with Gasteiger partial charge in [0.05, 0.1) is 0 Å². The molecule has 0 saturated heterocycles. The Morgan fingerprint density at radius 2 is 1.81 bits per heavy atom. The summed E-state index contributed by atoms with van der Waals surface area (Å²) < 4.78 is 0. The van der Waals surface area contributed by atoms with Crippen LogP contribution in [0.2, 0.25) is 0 Å². The van der Waals surface area contributed by atoms with Crippen LogP contribution in [0.3, 0.4) is 0 Å². The molecule has 2 aromatic rings. The third-order valence-corrected chi connectivity index (χ3v) is 7.48. The summed E-state index contributed by atoms with van der Waals surface area (Å²) in [5, 5.41) is 0. The van der Waals surface area contributed by atoms with Crippen molar-refractivity contribution in [3.8, 4) is 0 Å². The topological polar surface area (TPSA) is 0 Å². The number of hydrogen-bond donors (Lipinski definition) is 0. The van der Waals surface area contributed by atoms with E-state index in [1.807, 2.05) is 0 Å². The summed E-state index contributed by atoms with van der Waals surface area (Å²) >= 11 is 0. The molecule has 0 spiro atoms. The van der Waals surface area contributed by atoms with Crippen LogP contribution in [0, 0.1) is 5.92 Å². The Kier molecular flexibility index (Phi) is 5.18. The van der Waals surface area contributed by atoms with Crippen LogP contribution in [-0.2, 0) is 12.8 Å². The van der Waals surface area contributed by atoms with E-state index >= 15 is 0 Å². The molecule has 3 aliphatic carbocycles. The fourth-order valence-electron chi connectivity index (χ4n) is 5.93. The highest BCUT2D eigenvalue weighted by atomic mass is 14.4. The highest BCUT2D eigenvalue weighted by molar-refractivity contribution is 5.68. The second-order valence-electron chi connectivity index (χ2n) is 9.39. The van der Waals surface area contributed by atoms with Crippen LogP contribution in [0.15, 0.2) is 101 Å². The van der Waals surface area contributed by atoms with Crippen LogP contribution in [0.4, 0.5) is 0 Å². The Morgan fingerprint density at radius 1 is 1.03 bits per heavy atom. The summed E-state index contributed by atoms with van der Waals surface area (Å²) in [6.45, 7) is 13.6. The maximum absolute atomic E-state index is 4.65. The molecular weight excluding hydrogens is 372 g/mol. The summed E-state index contributed by atoms with van der Waals surface area (Å²) in [6, 6.07) is 18.0. The van der Waals surface area contributed by atoms with Crippen LogP contribution in [0.1, 0.15) is 61.3 Å². The van der Waals surface area contributed by atoms with E-state index in [9.17, 15) is 0 Å². The van der Waals surface area contributed by atoms with Crippen molar-refractivity contribution in [1.29, 1.82) is 0 Å². The Balaban J connectivity index is 1.56. The fourth-order valence-corrected chi connectivity index (χ4v) is 5.93. The SMILES string of the molecule is C=C(CC)C1=C(C)C=C2CC(=Cc3ccc4c(c3)CCC4)C(=C)C2C1c1ccccc1. The molecule has 0 N–H and O–H groups in total. The van der Waals surface area contributed by atoms with E-state index in [1.165, 1.54) is 75.0 Å². The lowest BCUT2D eigenvalue weighted by atomic mass is 9.69. The van der Waals surface area contributed by atoms with Crippen molar-refractivity contribution in [2.24, 2.45) is 5.92 Å². The third kappa shape index (κ3) is 3.49. The first-order valence-electron chi connectivity index (χ1n) is 11.7. The van der Waals surface area contributed by atoms with E-state index in [4.69, 9.17) is 0 Å². The first kappa shape index (κ1) is 20.1. The minimum atomic E-state index is 0.312. The number of hydrogen-bond acceptors (Lipinski definition) is 0. The van der Waals surface area contributed by atoms with Gasteiger partial charge in [-0.15, -0.1) is 0 Å². The van der Waals surface area contributed by atoms with Crippen molar-refractivity contribution in [1.82, 2.24) is 0 Å². The standard InChI is InChI=1S/C31H32/c1-5-20(2)29-21(3)16-28-19-27(18-23-14-15-24-12-9-13-26(24)17-23)22(4)30(28)31(29)25-10-7-6-8-11-25/h6-8,10-11,14-18,30-31H,2,4-5,9,12-13,19H2,1,3H3. The number of benzene rings is 2. The monoisotopic (exact) mass is 404 g/mol. The van der Waals surface area contributed by atoms with Gasteiger partial charge in [-0.05, 0) is 83.6 Å². The Bertz CT molecular complexity index is 1150. The molecule has 1 fully saturated rings. The smallest absolute Gasteiger partial charge is 0.0201 e. The molecule has 156 valence electrons. The van der Waals surface area contributed by atoms with Crippen LogP contribution in [-0.4, -0.2) is 0 Å². The van der Waals surface area contributed by atoms with E-state index in [1.54, 1.807) is 0 Å². The van der Waals surface area contributed by atoms with Gasteiger partial charge in [0.15, 0.2) is 0 Å². The van der Waals surface area contributed by atoms with Gasteiger partial charge in [-0.1, -0.05) is 91.9 Å². The van der Waals surface area contributed by atoms with Gasteiger partial charge in [0, 0.05) is 11.8 Å². The van der Waals surface area contributed by atoms with Crippen LogP contribution < -0.4 is 0 Å². The third-order valence-electron chi connectivity index (χ3n) is 7.48. The second kappa shape index (κ2) is 8.00. The van der Waals surface area contributed by atoms with Gasteiger partial charge in [0.1, 0.15) is 0 Å². The van der Waals surface area contributed by atoms with E-state index in [-0.39, 0.29) is 0 Å². The molecule has 0 heteroatoms.